The second kappa shape index (κ2) is 2.48. The van der Waals surface area contributed by atoms with Crippen LogP contribution in [0.25, 0.3) is 0 Å². The molecule has 2 heterocycles. The van der Waals surface area contributed by atoms with Gasteiger partial charge in [-0.3, -0.25) is 0 Å². The zero-order chi connectivity index (χ0) is 8.01. The number of hydrogen-bond donors (Lipinski definition) is 0. The van der Waals surface area contributed by atoms with Crippen molar-refractivity contribution in [1.29, 1.82) is 0 Å². The fourth-order valence-electron chi connectivity index (χ4n) is 3.11. The molecule has 3 aliphatic rings. The molecule has 0 radical (unpaired) electrons. The Morgan fingerprint density at radius 3 is 2.36 bits per heavy atom. The Bertz CT molecular complexity index is 153. The summed E-state index contributed by atoms with van der Waals surface area (Å²) in [6, 6.07) is 1.75. The number of fused-ring (bicyclic) bond motifs is 3. The van der Waals surface area contributed by atoms with Crippen LogP contribution in [0.15, 0.2) is 0 Å². The first-order valence-corrected chi connectivity index (χ1v) is 4.92. The lowest BCUT2D eigenvalue weighted by Gasteiger charge is -2.52. The lowest BCUT2D eigenvalue weighted by Crippen LogP contribution is -2.54. The standard InChI is InChI=1S/C10H19N/c1-7-6-9-4-5-10(7)8(2)11(9)3/h7-10H,4-6H2,1-3H3. The van der Waals surface area contributed by atoms with Gasteiger partial charge in [0.15, 0.2) is 0 Å². The molecule has 3 fully saturated rings. The Hall–Kier alpha value is -0.0400. The molecule has 2 saturated heterocycles. The molecule has 0 spiro atoms. The fraction of sp³-hybridized carbons (Fsp3) is 1.00. The van der Waals surface area contributed by atoms with Gasteiger partial charge in [-0.2, -0.15) is 0 Å². The highest BCUT2D eigenvalue weighted by molar-refractivity contribution is 4.94. The Morgan fingerprint density at radius 1 is 1.18 bits per heavy atom. The molecule has 2 aliphatic heterocycles. The van der Waals surface area contributed by atoms with Crippen LogP contribution in [0.2, 0.25) is 0 Å². The summed E-state index contributed by atoms with van der Waals surface area (Å²) in [6.45, 7) is 4.83. The monoisotopic (exact) mass is 153 g/mol. The molecule has 2 bridgehead atoms. The van der Waals surface area contributed by atoms with Crippen molar-refractivity contribution >= 4 is 0 Å². The summed E-state index contributed by atoms with van der Waals surface area (Å²) >= 11 is 0. The van der Waals surface area contributed by atoms with Gasteiger partial charge >= 0.3 is 0 Å². The van der Waals surface area contributed by atoms with Crippen molar-refractivity contribution in [3.8, 4) is 0 Å². The molecule has 64 valence electrons. The quantitative estimate of drug-likeness (QED) is 0.515. The van der Waals surface area contributed by atoms with Crippen LogP contribution in [0, 0.1) is 11.8 Å². The van der Waals surface area contributed by atoms with E-state index in [1.54, 1.807) is 0 Å². The topological polar surface area (TPSA) is 3.24 Å². The largest absolute Gasteiger partial charge is 0.300 e. The molecule has 1 nitrogen and oxygen atoms in total. The van der Waals surface area contributed by atoms with Gasteiger partial charge in [-0.25, -0.2) is 0 Å². The predicted octanol–water partition coefficient (Wildman–Crippen LogP) is 2.13. The molecule has 1 saturated carbocycles. The van der Waals surface area contributed by atoms with Gasteiger partial charge < -0.3 is 4.90 Å². The maximum atomic E-state index is 2.59. The number of piperidine rings is 2. The van der Waals surface area contributed by atoms with E-state index < -0.39 is 0 Å². The van der Waals surface area contributed by atoms with Crippen LogP contribution < -0.4 is 0 Å². The first-order valence-electron chi connectivity index (χ1n) is 4.92. The van der Waals surface area contributed by atoms with Crippen LogP contribution >= 0.6 is 0 Å². The van der Waals surface area contributed by atoms with E-state index in [1.165, 1.54) is 19.3 Å². The van der Waals surface area contributed by atoms with Crippen molar-refractivity contribution < 1.29 is 0 Å². The van der Waals surface area contributed by atoms with Gasteiger partial charge in [0, 0.05) is 12.1 Å². The molecule has 3 rings (SSSR count). The Kier molecular flexibility index (Phi) is 1.71. The van der Waals surface area contributed by atoms with Crippen LogP contribution in [-0.4, -0.2) is 24.0 Å². The van der Waals surface area contributed by atoms with E-state index in [1.807, 2.05) is 0 Å². The van der Waals surface area contributed by atoms with Crippen LogP contribution in [-0.2, 0) is 0 Å². The third kappa shape index (κ3) is 1.01. The molecule has 1 heteroatoms. The van der Waals surface area contributed by atoms with E-state index in [4.69, 9.17) is 0 Å². The van der Waals surface area contributed by atoms with Crippen molar-refractivity contribution in [2.24, 2.45) is 11.8 Å². The van der Waals surface area contributed by atoms with Crippen molar-refractivity contribution in [1.82, 2.24) is 4.90 Å². The van der Waals surface area contributed by atoms with Gasteiger partial charge in [0.2, 0.25) is 0 Å². The van der Waals surface area contributed by atoms with Crippen molar-refractivity contribution in [3.05, 3.63) is 0 Å². The summed E-state index contributed by atoms with van der Waals surface area (Å²) in [4.78, 5) is 2.59. The molecule has 0 aromatic heterocycles. The average Bonchev–Trinajstić information content (AvgIpc) is 1.99. The van der Waals surface area contributed by atoms with Gasteiger partial charge in [-0.1, -0.05) is 6.92 Å². The summed E-state index contributed by atoms with van der Waals surface area (Å²) in [5.74, 6) is 1.98. The second-order valence-electron chi connectivity index (χ2n) is 4.51. The smallest absolute Gasteiger partial charge is 0.00979 e. The van der Waals surface area contributed by atoms with E-state index in [0.717, 1.165) is 23.9 Å². The van der Waals surface area contributed by atoms with Crippen LogP contribution in [0.5, 0.6) is 0 Å². The van der Waals surface area contributed by atoms with Gasteiger partial charge in [-0.05, 0) is 45.1 Å². The minimum atomic E-state index is 0.845. The van der Waals surface area contributed by atoms with Crippen molar-refractivity contribution in [2.45, 2.75) is 45.2 Å². The molecule has 0 aromatic rings. The predicted molar refractivity (Wildman–Crippen MR) is 47.5 cm³/mol. The second-order valence-corrected chi connectivity index (χ2v) is 4.51. The van der Waals surface area contributed by atoms with Crippen LogP contribution in [0.4, 0.5) is 0 Å². The van der Waals surface area contributed by atoms with Crippen LogP contribution in [0.1, 0.15) is 33.1 Å². The highest BCUT2D eigenvalue weighted by atomic mass is 15.2. The number of rotatable bonds is 0. The van der Waals surface area contributed by atoms with E-state index in [2.05, 4.69) is 25.8 Å². The third-order valence-corrected chi connectivity index (χ3v) is 4.05. The van der Waals surface area contributed by atoms with Gasteiger partial charge in [0.1, 0.15) is 0 Å². The molecule has 0 N–H and O–H groups in total. The maximum absolute atomic E-state index is 2.59. The summed E-state index contributed by atoms with van der Waals surface area (Å²) in [7, 11) is 2.30. The lowest BCUT2D eigenvalue weighted by molar-refractivity contribution is -0.0181. The number of hydrogen-bond acceptors (Lipinski definition) is 1. The van der Waals surface area contributed by atoms with E-state index in [9.17, 15) is 0 Å². The summed E-state index contributed by atoms with van der Waals surface area (Å²) in [6.07, 6.45) is 4.39. The molecular formula is C10H19N. The normalized spacial score (nSPS) is 51.5. The Morgan fingerprint density at radius 2 is 1.91 bits per heavy atom. The van der Waals surface area contributed by atoms with Crippen LogP contribution in [0.3, 0.4) is 0 Å². The molecule has 4 atom stereocenters. The molecule has 1 aliphatic carbocycles. The summed E-state index contributed by atoms with van der Waals surface area (Å²) < 4.78 is 0. The van der Waals surface area contributed by atoms with E-state index in [0.29, 0.717) is 0 Å². The highest BCUT2D eigenvalue weighted by Crippen LogP contribution is 2.41. The molecule has 0 aromatic carbocycles. The van der Waals surface area contributed by atoms with Gasteiger partial charge in [0.25, 0.3) is 0 Å². The van der Waals surface area contributed by atoms with Gasteiger partial charge in [-0.15, -0.1) is 0 Å². The Balaban J connectivity index is 2.16. The first-order chi connectivity index (χ1) is 5.20. The van der Waals surface area contributed by atoms with E-state index >= 15 is 0 Å². The van der Waals surface area contributed by atoms with Gasteiger partial charge in [0.05, 0.1) is 0 Å². The summed E-state index contributed by atoms with van der Waals surface area (Å²) in [5, 5.41) is 0. The molecular weight excluding hydrogens is 134 g/mol. The zero-order valence-corrected chi connectivity index (χ0v) is 7.88. The fourth-order valence-corrected chi connectivity index (χ4v) is 3.11. The average molecular weight is 153 g/mol. The number of nitrogens with zero attached hydrogens (tertiary/aromatic N) is 1. The van der Waals surface area contributed by atoms with Crippen molar-refractivity contribution in [3.63, 3.8) is 0 Å². The summed E-state index contributed by atoms with van der Waals surface area (Å²) in [5.41, 5.74) is 0. The zero-order valence-electron chi connectivity index (χ0n) is 7.88. The minimum absolute atomic E-state index is 0.845. The van der Waals surface area contributed by atoms with E-state index in [-0.39, 0.29) is 0 Å². The Labute approximate surface area is 69.8 Å². The SMILES string of the molecule is CC1CC2CCC1C(C)N2C. The molecule has 0 amide bonds. The molecule has 4 unspecified atom stereocenters. The third-order valence-electron chi connectivity index (χ3n) is 4.05. The maximum Gasteiger partial charge on any atom is 0.00979 e. The van der Waals surface area contributed by atoms with Crippen molar-refractivity contribution in [2.75, 3.05) is 7.05 Å². The highest BCUT2D eigenvalue weighted by Gasteiger charge is 2.41. The minimum Gasteiger partial charge on any atom is -0.300 e. The lowest BCUT2D eigenvalue weighted by atomic mass is 9.69. The first kappa shape index (κ1) is 7.60. The molecule has 11 heavy (non-hydrogen) atoms.